The first-order valence-electron chi connectivity index (χ1n) is 5.63. The number of nitrogens with zero attached hydrogens (tertiary/aromatic N) is 2. The van der Waals surface area contributed by atoms with E-state index in [9.17, 15) is 4.79 Å². The molecule has 0 aliphatic rings. The van der Waals surface area contributed by atoms with Gasteiger partial charge in [0.2, 0.25) is 0 Å². The number of amides is 2. The Morgan fingerprint density at radius 1 is 1.42 bits per heavy atom. The van der Waals surface area contributed by atoms with Crippen LogP contribution in [-0.4, -0.2) is 22.4 Å². The van der Waals surface area contributed by atoms with Gasteiger partial charge in [-0.05, 0) is 34.1 Å². The van der Waals surface area contributed by atoms with Crippen LogP contribution in [0.4, 0.5) is 10.5 Å². The van der Waals surface area contributed by atoms with E-state index in [1.165, 1.54) is 0 Å². The maximum absolute atomic E-state index is 11.7. The highest BCUT2D eigenvalue weighted by atomic mass is 79.9. The number of hydrogen-bond donors (Lipinski definition) is 2. The second kappa shape index (κ2) is 6.58. The molecule has 1 aromatic carbocycles. The highest BCUT2D eigenvalue weighted by molar-refractivity contribution is 9.10. The van der Waals surface area contributed by atoms with E-state index in [2.05, 4.69) is 31.7 Å². The van der Waals surface area contributed by atoms with Crippen molar-refractivity contribution in [1.82, 2.24) is 15.1 Å². The largest absolute Gasteiger partial charge is 0.336 e. The Morgan fingerprint density at radius 2 is 2.26 bits per heavy atom. The van der Waals surface area contributed by atoms with Gasteiger partial charge in [0.05, 0.1) is 21.7 Å². The molecular weight excluding hydrogens is 332 g/mol. The standard InChI is InChI=1S/C12H12BrClN4O/c13-11-9(14)3-1-4-10(11)17-12(19)15-6-8-18-7-2-5-16-18/h1-5,7H,6,8H2,(H2,15,17,19). The van der Waals surface area contributed by atoms with Crippen LogP contribution in [0.25, 0.3) is 0 Å². The van der Waals surface area contributed by atoms with Crippen molar-refractivity contribution in [2.45, 2.75) is 6.54 Å². The molecule has 1 aromatic heterocycles. The zero-order chi connectivity index (χ0) is 13.7. The molecule has 0 fully saturated rings. The Morgan fingerprint density at radius 3 is 3.00 bits per heavy atom. The summed E-state index contributed by atoms with van der Waals surface area (Å²) in [5, 5.41) is 10.1. The van der Waals surface area contributed by atoms with Gasteiger partial charge in [-0.1, -0.05) is 17.7 Å². The highest BCUT2D eigenvalue weighted by Gasteiger charge is 2.07. The van der Waals surface area contributed by atoms with E-state index in [-0.39, 0.29) is 6.03 Å². The van der Waals surface area contributed by atoms with Crippen molar-refractivity contribution in [3.63, 3.8) is 0 Å². The summed E-state index contributed by atoms with van der Waals surface area (Å²) in [5.41, 5.74) is 0.629. The average Bonchev–Trinajstić information content (AvgIpc) is 2.88. The van der Waals surface area contributed by atoms with E-state index in [0.717, 1.165) is 0 Å². The van der Waals surface area contributed by atoms with E-state index in [1.807, 2.05) is 12.3 Å². The molecule has 0 aliphatic heterocycles. The fraction of sp³-hybridized carbons (Fsp3) is 0.167. The third-order valence-electron chi connectivity index (χ3n) is 2.39. The summed E-state index contributed by atoms with van der Waals surface area (Å²) in [5.74, 6) is 0. The summed E-state index contributed by atoms with van der Waals surface area (Å²) in [7, 11) is 0. The maximum atomic E-state index is 11.7. The number of urea groups is 1. The topological polar surface area (TPSA) is 59.0 Å². The predicted octanol–water partition coefficient (Wildman–Crippen LogP) is 3.12. The van der Waals surface area contributed by atoms with E-state index in [0.29, 0.717) is 28.3 Å². The number of halogens is 2. The smallest absolute Gasteiger partial charge is 0.319 e. The molecule has 7 heteroatoms. The molecule has 1 heterocycles. The molecule has 0 radical (unpaired) electrons. The number of anilines is 1. The molecule has 0 saturated heterocycles. The molecule has 2 aromatic rings. The first-order valence-corrected chi connectivity index (χ1v) is 6.80. The van der Waals surface area contributed by atoms with Crippen LogP contribution in [0.15, 0.2) is 41.1 Å². The van der Waals surface area contributed by atoms with Crippen LogP contribution in [0.3, 0.4) is 0 Å². The van der Waals surface area contributed by atoms with Gasteiger partial charge in [-0.3, -0.25) is 4.68 Å². The maximum Gasteiger partial charge on any atom is 0.319 e. The molecule has 0 spiro atoms. The third-order valence-corrected chi connectivity index (χ3v) is 3.78. The van der Waals surface area contributed by atoms with E-state index < -0.39 is 0 Å². The van der Waals surface area contributed by atoms with Crippen molar-refractivity contribution >= 4 is 39.2 Å². The summed E-state index contributed by atoms with van der Waals surface area (Å²) in [6.45, 7) is 1.11. The first-order chi connectivity index (χ1) is 9.16. The van der Waals surface area contributed by atoms with Gasteiger partial charge in [0.1, 0.15) is 0 Å². The minimum Gasteiger partial charge on any atom is -0.336 e. The normalized spacial score (nSPS) is 10.2. The molecule has 0 atom stereocenters. The average molecular weight is 344 g/mol. The zero-order valence-electron chi connectivity index (χ0n) is 9.94. The Bertz CT molecular complexity index is 559. The summed E-state index contributed by atoms with van der Waals surface area (Å²) in [6.07, 6.45) is 3.54. The molecule has 100 valence electrons. The van der Waals surface area contributed by atoms with Crippen molar-refractivity contribution in [2.75, 3.05) is 11.9 Å². The lowest BCUT2D eigenvalue weighted by Gasteiger charge is -2.09. The quantitative estimate of drug-likeness (QED) is 0.896. The van der Waals surface area contributed by atoms with Crippen molar-refractivity contribution in [1.29, 1.82) is 0 Å². The third kappa shape index (κ3) is 3.97. The lowest BCUT2D eigenvalue weighted by molar-refractivity contribution is 0.251. The Hall–Kier alpha value is -1.53. The predicted molar refractivity (Wildman–Crippen MR) is 78.4 cm³/mol. The second-order valence-electron chi connectivity index (χ2n) is 3.75. The number of benzene rings is 1. The molecule has 0 unspecified atom stereocenters. The Balaban J connectivity index is 1.82. The van der Waals surface area contributed by atoms with Crippen LogP contribution in [0.2, 0.25) is 5.02 Å². The summed E-state index contributed by atoms with van der Waals surface area (Å²) in [4.78, 5) is 11.7. The van der Waals surface area contributed by atoms with Crippen LogP contribution >= 0.6 is 27.5 Å². The number of nitrogens with one attached hydrogen (secondary N) is 2. The molecule has 2 amide bonds. The van der Waals surface area contributed by atoms with E-state index in [4.69, 9.17) is 11.6 Å². The van der Waals surface area contributed by atoms with Gasteiger partial charge in [-0.15, -0.1) is 0 Å². The molecule has 0 bridgehead atoms. The van der Waals surface area contributed by atoms with Crippen LogP contribution in [0.1, 0.15) is 0 Å². The lowest BCUT2D eigenvalue weighted by Crippen LogP contribution is -2.31. The molecular formula is C12H12BrClN4O. The number of carbonyl (C=O) groups excluding carboxylic acids is 1. The molecule has 0 aliphatic carbocycles. The van der Waals surface area contributed by atoms with Crippen molar-refractivity contribution in [3.05, 3.63) is 46.2 Å². The van der Waals surface area contributed by atoms with Gasteiger partial charge < -0.3 is 10.6 Å². The number of rotatable bonds is 4. The van der Waals surface area contributed by atoms with Gasteiger partial charge in [-0.25, -0.2) is 4.79 Å². The van der Waals surface area contributed by atoms with Crippen LogP contribution in [0.5, 0.6) is 0 Å². The van der Waals surface area contributed by atoms with Crippen LogP contribution in [-0.2, 0) is 6.54 Å². The Kier molecular flexibility index (Phi) is 4.81. The highest BCUT2D eigenvalue weighted by Crippen LogP contribution is 2.29. The lowest BCUT2D eigenvalue weighted by atomic mass is 10.3. The minimum absolute atomic E-state index is 0.282. The molecule has 2 rings (SSSR count). The monoisotopic (exact) mass is 342 g/mol. The molecule has 19 heavy (non-hydrogen) atoms. The van der Waals surface area contributed by atoms with E-state index >= 15 is 0 Å². The van der Waals surface area contributed by atoms with Crippen molar-refractivity contribution in [2.24, 2.45) is 0 Å². The SMILES string of the molecule is O=C(NCCn1cccn1)Nc1cccc(Cl)c1Br. The fourth-order valence-corrected chi connectivity index (χ4v) is 2.02. The van der Waals surface area contributed by atoms with Crippen molar-refractivity contribution < 1.29 is 4.79 Å². The number of aromatic nitrogens is 2. The number of hydrogen-bond acceptors (Lipinski definition) is 2. The zero-order valence-corrected chi connectivity index (χ0v) is 12.3. The van der Waals surface area contributed by atoms with Gasteiger partial charge in [0, 0.05) is 18.9 Å². The minimum atomic E-state index is -0.282. The summed E-state index contributed by atoms with van der Waals surface area (Å²) < 4.78 is 2.41. The molecule has 5 nitrogen and oxygen atoms in total. The van der Waals surface area contributed by atoms with E-state index in [1.54, 1.807) is 29.1 Å². The van der Waals surface area contributed by atoms with Crippen LogP contribution in [0, 0.1) is 0 Å². The molecule has 2 N–H and O–H groups in total. The van der Waals surface area contributed by atoms with Gasteiger partial charge in [-0.2, -0.15) is 5.10 Å². The van der Waals surface area contributed by atoms with Crippen molar-refractivity contribution in [3.8, 4) is 0 Å². The summed E-state index contributed by atoms with van der Waals surface area (Å²) >= 11 is 9.26. The van der Waals surface area contributed by atoms with Gasteiger partial charge >= 0.3 is 6.03 Å². The van der Waals surface area contributed by atoms with Gasteiger partial charge in [0.25, 0.3) is 0 Å². The number of carbonyl (C=O) groups is 1. The molecule has 0 saturated carbocycles. The second-order valence-corrected chi connectivity index (χ2v) is 4.95. The fourth-order valence-electron chi connectivity index (χ4n) is 1.48. The van der Waals surface area contributed by atoms with Gasteiger partial charge in [0.15, 0.2) is 0 Å². The first kappa shape index (κ1) is 13.9. The Labute approximate surface area is 124 Å². The summed E-state index contributed by atoms with van der Waals surface area (Å²) in [6, 6.07) is 6.83. The van der Waals surface area contributed by atoms with Crippen LogP contribution < -0.4 is 10.6 Å².